The van der Waals surface area contributed by atoms with Crippen molar-refractivity contribution >= 4 is 5.95 Å². The number of anilines is 1. The van der Waals surface area contributed by atoms with E-state index in [2.05, 4.69) is 31.8 Å². The molecule has 0 saturated carbocycles. The Morgan fingerprint density at radius 1 is 1.24 bits per heavy atom. The van der Waals surface area contributed by atoms with Gasteiger partial charge in [-0.15, -0.1) is 0 Å². The van der Waals surface area contributed by atoms with Crippen LogP contribution in [0.1, 0.15) is 12.5 Å². The smallest absolute Gasteiger partial charge is 0.225 e. The third kappa shape index (κ3) is 3.18. The van der Waals surface area contributed by atoms with Gasteiger partial charge >= 0.3 is 0 Å². The van der Waals surface area contributed by atoms with Crippen LogP contribution in [0.15, 0.2) is 24.8 Å². The molecular formula is C14H19FN6. The summed E-state index contributed by atoms with van der Waals surface area (Å²) in [6.45, 7) is 5.69. The van der Waals surface area contributed by atoms with E-state index in [1.54, 1.807) is 0 Å². The summed E-state index contributed by atoms with van der Waals surface area (Å²) in [5.74, 6) is 0.200. The van der Waals surface area contributed by atoms with Crippen LogP contribution in [-0.4, -0.2) is 50.3 Å². The first-order valence-electron chi connectivity index (χ1n) is 7.06. The molecule has 1 aliphatic rings. The summed E-state index contributed by atoms with van der Waals surface area (Å²) < 4.78 is 14.7. The highest BCUT2D eigenvalue weighted by Gasteiger charge is 2.25. The zero-order chi connectivity index (χ0) is 14.8. The molecule has 2 aromatic heterocycles. The van der Waals surface area contributed by atoms with Gasteiger partial charge in [-0.3, -0.25) is 9.58 Å². The number of hydrogen-bond donors (Lipinski definition) is 0. The molecule has 112 valence electrons. The Morgan fingerprint density at radius 3 is 2.62 bits per heavy atom. The Hall–Kier alpha value is -2.02. The molecule has 0 spiro atoms. The van der Waals surface area contributed by atoms with Crippen LogP contribution in [0.3, 0.4) is 0 Å². The number of nitrogens with zero attached hydrogens (tertiary/aromatic N) is 6. The summed E-state index contributed by atoms with van der Waals surface area (Å²) in [4.78, 5) is 12.6. The van der Waals surface area contributed by atoms with Gasteiger partial charge in [0.05, 0.1) is 18.6 Å². The molecule has 1 aliphatic heterocycles. The van der Waals surface area contributed by atoms with Crippen LogP contribution < -0.4 is 4.90 Å². The van der Waals surface area contributed by atoms with E-state index in [-0.39, 0.29) is 0 Å². The zero-order valence-electron chi connectivity index (χ0n) is 12.3. The monoisotopic (exact) mass is 290 g/mol. The highest BCUT2D eigenvalue weighted by atomic mass is 19.1. The van der Waals surface area contributed by atoms with E-state index in [4.69, 9.17) is 0 Å². The maximum atomic E-state index is 12.9. The Kier molecular flexibility index (Phi) is 3.83. The Morgan fingerprint density at radius 2 is 2.00 bits per heavy atom. The average molecular weight is 290 g/mol. The normalized spacial score (nSPS) is 20.0. The number of hydrogen-bond acceptors (Lipinski definition) is 5. The van der Waals surface area contributed by atoms with Gasteiger partial charge in [0.1, 0.15) is 0 Å². The summed E-state index contributed by atoms with van der Waals surface area (Å²) in [6, 6.07) is 0.382. The number of piperazine rings is 1. The van der Waals surface area contributed by atoms with Crippen LogP contribution in [0.2, 0.25) is 0 Å². The molecule has 0 N–H and O–H groups in total. The number of halogens is 1. The zero-order valence-corrected chi connectivity index (χ0v) is 12.3. The van der Waals surface area contributed by atoms with Crippen LogP contribution in [0.4, 0.5) is 10.3 Å². The number of aromatic nitrogens is 4. The van der Waals surface area contributed by atoms with Gasteiger partial charge in [0.15, 0.2) is 5.82 Å². The molecule has 0 aliphatic carbocycles. The quantitative estimate of drug-likeness (QED) is 0.846. The molecule has 0 radical (unpaired) electrons. The fourth-order valence-corrected chi connectivity index (χ4v) is 2.67. The summed E-state index contributed by atoms with van der Waals surface area (Å²) in [6.07, 6.45) is 6.38. The van der Waals surface area contributed by atoms with Gasteiger partial charge in [0.25, 0.3) is 0 Å². The molecule has 21 heavy (non-hydrogen) atoms. The van der Waals surface area contributed by atoms with Crippen molar-refractivity contribution in [3.05, 3.63) is 36.2 Å². The van der Waals surface area contributed by atoms with Gasteiger partial charge in [0, 0.05) is 51.0 Å². The topological polar surface area (TPSA) is 50.1 Å². The van der Waals surface area contributed by atoms with Gasteiger partial charge in [-0.2, -0.15) is 5.10 Å². The lowest BCUT2D eigenvalue weighted by atomic mass is 10.1. The first-order chi connectivity index (χ1) is 10.1. The predicted molar refractivity (Wildman–Crippen MR) is 77.3 cm³/mol. The highest BCUT2D eigenvalue weighted by molar-refractivity contribution is 5.30. The van der Waals surface area contributed by atoms with Crippen LogP contribution >= 0.6 is 0 Å². The first kappa shape index (κ1) is 13.9. The van der Waals surface area contributed by atoms with Gasteiger partial charge in [-0.05, 0) is 6.92 Å². The maximum Gasteiger partial charge on any atom is 0.225 e. The SMILES string of the molecule is CC1CN(c2ncc(F)cn2)CCN1Cc1cnn(C)c1. The molecule has 2 aromatic rings. The van der Waals surface area contributed by atoms with Gasteiger partial charge in [-0.1, -0.05) is 0 Å². The largest absolute Gasteiger partial charge is 0.338 e. The molecule has 1 saturated heterocycles. The molecule has 1 unspecified atom stereocenters. The van der Waals surface area contributed by atoms with Crippen molar-refractivity contribution in [1.29, 1.82) is 0 Å². The molecule has 0 aromatic carbocycles. The second kappa shape index (κ2) is 5.77. The lowest BCUT2D eigenvalue weighted by Gasteiger charge is -2.39. The highest BCUT2D eigenvalue weighted by Crippen LogP contribution is 2.17. The van der Waals surface area contributed by atoms with Crippen LogP contribution in [0, 0.1) is 5.82 Å². The minimum absolute atomic E-state index is 0.382. The van der Waals surface area contributed by atoms with E-state index in [1.807, 2.05) is 24.1 Å². The van der Waals surface area contributed by atoms with E-state index in [1.165, 1.54) is 18.0 Å². The lowest BCUT2D eigenvalue weighted by molar-refractivity contribution is 0.180. The molecule has 1 fully saturated rings. The van der Waals surface area contributed by atoms with Crippen molar-refractivity contribution in [2.24, 2.45) is 7.05 Å². The molecule has 3 rings (SSSR count). The van der Waals surface area contributed by atoms with Crippen molar-refractivity contribution < 1.29 is 4.39 Å². The maximum absolute atomic E-state index is 12.9. The van der Waals surface area contributed by atoms with Crippen LogP contribution in [0.25, 0.3) is 0 Å². The Labute approximate surface area is 123 Å². The molecule has 3 heterocycles. The van der Waals surface area contributed by atoms with Crippen molar-refractivity contribution in [2.45, 2.75) is 19.5 Å². The van der Waals surface area contributed by atoms with E-state index in [0.29, 0.717) is 12.0 Å². The number of aryl methyl sites for hydroxylation is 1. The minimum Gasteiger partial charge on any atom is -0.338 e. The summed E-state index contributed by atoms with van der Waals surface area (Å²) in [7, 11) is 1.93. The van der Waals surface area contributed by atoms with Crippen molar-refractivity contribution in [3.63, 3.8) is 0 Å². The molecular weight excluding hydrogens is 271 g/mol. The average Bonchev–Trinajstić information content (AvgIpc) is 2.87. The second-order valence-electron chi connectivity index (χ2n) is 5.49. The van der Waals surface area contributed by atoms with E-state index in [0.717, 1.165) is 26.2 Å². The minimum atomic E-state index is -0.401. The van der Waals surface area contributed by atoms with Gasteiger partial charge < -0.3 is 4.90 Å². The molecule has 1 atom stereocenters. The van der Waals surface area contributed by atoms with Crippen molar-refractivity contribution in [1.82, 2.24) is 24.6 Å². The third-order valence-electron chi connectivity index (χ3n) is 3.80. The van der Waals surface area contributed by atoms with E-state index in [9.17, 15) is 4.39 Å². The van der Waals surface area contributed by atoms with Crippen LogP contribution in [-0.2, 0) is 13.6 Å². The van der Waals surface area contributed by atoms with Crippen LogP contribution in [0.5, 0.6) is 0 Å². The first-order valence-corrected chi connectivity index (χ1v) is 7.06. The van der Waals surface area contributed by atoms with E-state index < -0.39 is 5.82 Å². The number of rotatable bonds is 3. The molecule has 7 heteroatoms. The third-order valence-corrected chi connectivity index (χ3v) is 3.80. The standard InChI is InChI=1S/C14H19FN6/c1-11-8-21(14-16-6-13(15)7-17-14)4-3-20(11)10-12-5-18-19(2)9-12/h5-7,9,11H,3-4,8,10H2,1-2H3. The van der Waals surface area contributed by atoms with Crippen molar-refractivity contribution in [2.75, 3.05) is 24.5 Å². The summed E-state index contributed by atoms with van der Waals surface area (Å²) in [5.41, 5.74) is 1.22. The molecule has 0 amide bonds. The fourth-order valence-electron chi connectivity index (χ4n) is 2.67. The van der Waals surface area contributed by atoms with Gasteiger partial charge in [-0.25, -0.2) is 14.4 Å². The second-order valence-corrected chi connectivity index (χ2v) is 5.49. The fraction of sp³-hybridized carbons (Fsp3) is 0.500. The predicted octanol–water partition coefficient (Wildman–Crippen LogP) is 1.06. The summed E-state index contributed by atoms with van der Waals surface area (Å²) in [5, 5.41) is 4.20. The molecule has 0 bridgehead atoms. The molecule has 6 nitrogen and oxygen atoms in total. The van der Waals surface area contributed by atoms with E-state index >= 15 is 0 Å². The Balaban J connectivity index is 1.62. The Bertz CT molecular complexity index is 596. The lowest BCUT2D eigenvalue weighted by Crippen LogP contribution is -2.51. The summed E-state index contributed by atoms with van der Waals surface area (Å²) >= 11 is 0. The van der Waals surface area contributed by atoms with Gasteiger partial charge in [0.2, 0.25) is 5.95 Å². The van der Waals surface area contributed by atoms with Crippen molar-refractivity contribution in [3.8, 4) is 0 Å².